The smallest absolute Gasteiger partial charge is 0.227 e. The normalized spacial score (nSPS) is 16.7. The van der Waals surface area contributed by atoms with Crippen molar-refractivity contribution in [1.82, 2.24) is 25.0 Å². The molecule has 0 saturated carbocycles. The SMILES string of the molecule is Cc1nc(C2CCN(C(=O)Cc3ccccc3)CCN2C(=O)Cc2ccccc2)n[nH]1. The number of rotatable bonds is 5. The van der Waals surface area contributed by atoms with Gasteiger partial charge < -0.3 is 9.80 Å². The van der Waals surface area contributed by atoms with Crippen LogP contribution >= 0.6 is 0 Å². The van der Waals surface area contributed by atoms with Gasteiger partial charge in [0.15, 0.2) is 5.82 Å². The lowest BCUT2D eigenvalue weighted by atomic mass is 10.1. The molecule has 1 fully saturated rings. The zero-order valence-electron chi connectivity index (χ0n) is 17.7. The van der Waals surface area contributed by atoms with Crippen LogP contribution in [-0.4, -0.2) is 56.4 Å². The lowest BCUT2D eigenvalue weighted by Crippen LogP contribution is -2.39. The van der Waals surface area contributed by atoms with E-state index >= 15 is 0 Å². The van der Waals surface area contributed by atoms with Crippen LogP contribution in [0.3, 0.4) is 0 Å². The zero-order chi connectivity index (χ0) is 21.6. The Kier molecular flexibility index (Phi) is 6.40. The second-order valence-electron chi connectivity index (χ2n) is 7.88. The van der Waals surface area contributed by atoms with E-state index in [1.165, 1.54) is 0 Å². The van der Waals surface area contributed by atoms with E-state index in [1.807, 2.05) is 77.4 Å². The van der Waals surface area contributed by atoms with Crippen molar-refractivity contribution in [2.45, 2.75) is 32.2 Å². The summed E-state index contributed by atoms with van der Waals surface area (Å²) in [5.41, 5.74) is 1.97. The number of aryl methyl sites for hydroxylation is 1. The molecule has 1 aromatic heterocycles. The molecule has 1 N–H and O–H groups in total. The molecule has 160 valence electrons. The average Bonchev–Trinajstić information content (AvgIpc) is 3.08. The summed E-state index contributed by atoms with van der Waals surface area (Å²) in [6.45, 7) is 3.38. The van der Waals surface area contributed by atoms with Crippen LogP contribution < -0.4 is 0 Å². The largest absolute Gasteiger partial charge is 0.341 e. The third-order valence-electron chi connectivity index (χ3n) is 5.64. The fraction of sp³-hybridized carbons (Fsp3) is 0.333. The molecule has 0 aliphatic carbocycles. The van der Waals surface area contributed by atoms with Crippen molar-refractivity contribution in [3.63, 3.8) is 0 Å². The number of benzene rings is 2. The molecule has 31 heavy (non-hydrogen) atoms. The highest BCUT2D eigenvalue weighted by Gasteiger charge is 2.32. The van der Waals surface area contributed by atoms with E-state index in [-0.39, 0.29) is 17.9 Å². The maximum atomic E-state index is 13.2. The minimum Gasteiger partial charge on any atom is -0.341 e. The number of hydrogen-bond acceptors (Lipinski definition) is 4. The summed E-state index contributed by atoms with van der Waals surface area (Å²) in [5, 5.41) is 7.21. The number of carbonyl (C=O) groups excluding carboxylic acids is 2. The minimum atomic E-state index is -0.254. The van der Waals surface area contributed by atoms with E-state index in [1.54, 1.807) is 0 Å². The van der Waals surface area contributed by atoms with Gasteiger partial charge in [0.2, 0.25) is 11.8 Å². The molecule has 0 bridgehead atoms. The van der Waals surface area contributed by atoms with Crippen LogP contribution in [0.1, 0.15) is 35.2 Å². The van der Waals surface area contributed by atoms with Gasteiger partial charge in [0.05, 0.1) is 18.9 Å². The van der Waals surface area contributed by atoms with Crippen molar-refractivity contribution in [3.8, 4) is 0 Å². The van der Waals surface area contributed by atoms with E-state index in [9.17, 15) is 9.59 Å². The van der Waals surface area contributed by atoms with Crippen LogP contribution in [0.4, 0.5) is 0 Å². The molecule has 0 spiro atoms. The molecule has 7 heteroatoms. The first-order chi connectivity index (χ1) is 15.1. The fourth-order valence-corrected chi connectivity index (χ4v) is 4.01. The van der Waals surface area contributed by atoms with Crippen LogP contribution in [0.15, 0.2) is 60.7 Å². The van der Waals surface area contributed by atoms with Crippen LogP contribution in [0.5, 0.6) is 0 Å². The number of carbonyl (C=O) groups is 2. The van der Waals surface area contributed by atoms with Crippen molar-refractivity contribution < 1.29 is 9.59 Å². The summed E-state index contributed by atoms with van der Waals surface area (Å²) in [4.78, 5) is 34.3. The Labute approximate surface area is 182 Å². The predicted molar refractivity (Wildman–Crippen MR) is 117 cm³/mol. The minimum absolute atomic E-state index is 0.0241. The van der Waals surface area contributed by atoms with Crippen LogP contribution in [0.25, 0.3) is 0 Å². The first-order valence-corrected chi connectivity index (χ1v) is 10.6. The molecule has 1 saturated heterocycles. The van der Waals surface area contributed by atoms with E-state index < -0.39 is 0 Å². The molecule has 4 rings (SSSR count). The van der Waals surface area contributed by atoms with Gasteiger partial charge >= 0.3 is 0 Å². The van der Waals surface area contributed by atoms with Crippen LogP contribution in [0.2, 0.25) is 0 Å². The summed E-state index contributed by atoms with van der Waals surface area (Å²) in [7, 11) is 0. The molecular weight excluding hydrogens is 390 g/mol. The van der Waals surface area contributed by atoms with Gasteiger partial charge in [0.25, 0.3) is 0 Å². The number of amides is 2. The molecule has 2 aromatic carbocycles. The number of nitrogens with zero attached hydrogens (tertiary/aromatic N) is 4. The molecule has 7 nitrogen and oxygen atoms in total. The first kappa shape index (κ1) is 20.8. The number of aromatic amines is 1. The number of hydrogen-bond donors (Lipinski definition) is 1. The fourth-order valence-electron chi connectivity index (χ4n) is 4.01. The monoisotopic (exact) mass is 417 g/mol. The summed E-state index contributed by atoms with van der Waals surface area (Å²) in [6, 6.07) is 19.2. The molecule has 1 atom stereocenters. The Hall–Kier alpha value is -3.48. The van der Waals surface area contributed by atoms with Crippen molar-refractivity contribution >= 4 is 11.8 Å². The Morgan fingerprint density at radius 1 is 0.903 bits per heavy atom. The number of H-pyrrole nitrogens is 1. The van der Waals surface area contributed by atoms with E-state index in [2.05, 4.69) is 15.2 Å². The molecule has 0 radical (unpaired) electrons. The summed E-state index contributed by atoms with van der Waals surface area (Å²) in [6.07, 6.45) is 1.29. The Morgan fingerprint density at radius 3 is 2.10 bits per heavy atom. The molecule has 1 unspecified atom stereocenters. The summed E-state index contributed by atoms with van der Waals surface area (Å²) < 4.78 is 0. The molecule has 2 amide bonds. The maximum Gasteiger partial charge on any atom is 0.227 e. The molecule has 1 aliphatic heterocycles. The maximum absolute atomic E-state index is 13.2. The van der Waals surface area contributed by atoms with Gasteiger partial charge in [-0.2, -0.15) is 5.10 Å². The van der Waals surface area contributed by atoms with Crippen molar-refractivity contribution in [2.24, 2.45) is 0 Å². The summed E-state index contributed by atoms with van der Waals surface area (Å²) in [5.74, 6) is 1.42. The lowest BCUT2D eigenvalue weighted by Gasteiger charge is -2.27. The lowest BCUT2D eigenvalue weighted by molar-refractivity contribution is -0.134. The highest BCUT2D eigenvalue weighted by atomic mass is 16.2. The quantitative estimate of drug-likeness (QED) is 0.692. The van der Waals surface area contributed by atoms with Crippen LogP contribution in [0, 0.1) is 6.92 Å². The second-order valence-corrected chi connectivity index (χ2v) is 7.88. The standard InChI is InChI=1S/C24H27N5O2/c1-18-25-24(27-26-18)21-12-13-28(22(30)16-19-8-4-2-5-9-19)14-15-29(21)23(31)17-20-10-6-3-7-11-20/h2-11,21H,12-17H2,1H3,(H,25,26,27). The zero-order valence-corrected chi connectivity index (χ0v) is 17.7. The third kappa shape index (κ3) is 5.17. The van der Waals surface area contributed by atoms with Gasteiger partial charge in [-0.05, 0) is 24.5 Å². The third-order valence-corrected chi connectivity index (χ3v) is 5.64. The molecule has 1 aliphatic rings. The van der Waals surface area contributed by atoms with Crippen LogP contribution in [-0.2, 0) is 22.4 Å². The number of nitrogens with one attached hydrogen (secondary N) is 1. The van der Waals surface area contributed by atoms with E-state index in [0.717, 1.165) is 11.1 Å². The Bertz CT molecular complexity index is 1020. The van der Waals surface area contributed by atoms with Crippen molar-refractivity contribution in [2.75, 3.05) is 19.6 Å². The van der Waals surface area contributed by atoms with E-state index in [0.29, 0.717) is 50.5 Å². The van der Waals surface area contributed by atoms with E-state index in [4.69, 9.17) is 0 Å². The van der Waals surface area contributed by atoms with Crippen molar-refractivity contribution in [1.29, 1.82) is 0 Å². The number of aromatic nitrogens is 3. The molecule has 3 aromatic rings. The van der Waals surface area contributed by atoms with Crippen molar-refractivity contribution in [3.05, 3.63) is 83.4 Å². The highest BCUT2D eigenvalue weighted by molar-refractivity contribution is 5.80. The topological polar surface area (TPSA) is 82.2 Å². The molecule has 2 heterocycles. The van der Waals surface area contributed by atoms with Gasteiger partial charge in [0.1, 0.15) is 5.82 Å². The Balaban J connectivity index is 1.51. The predicted octanol–water partition coefficient (Wildman–Crippen LogP) is 2.70. The molecular formula is C24H27N5O2. The highest BCUT2D eigenvalue weighted by Crippen LogP contribution is 2.26. The Morgan fingerprint density at radius 2 is 1.52 bits per heavy atom. The van der Waals surface area contributed by atoms with Gasteiger partial charge in [-0.25, -0.2) is 4.98 Å². The van der Waals surface area contributed by atoms with Gasteiger partial charge in [-0.3, -0.25) is 14.7 Å². The van der Waals surface area contributed by atoms with Gasteiger partial charge in [0, 0.05) is 19.6 Å². The first-order valence-electron chi connectivity index (χ1n) is 10.6. The van der Waals surface area contributed by atoms with Gasteiger partial charge in [-0.15, -0.1) is 0 Å². The van der Waals surface area contributed by atoms with Gasteiger partial charge in [-0.1, -0.05) is 60.7 Å². The average molecular weight is 418 g/mol. The second kappa shape index (κ2) is 9.55. The summed E-state index contributed by atoms with van der Waals surface area (Å²) >= 11 is 0.